The van der Waals surface area contributed by atoms with Crippen LogP contribution in [0.15, 0.2) is 30.3 Å². The number of benzene rings is 1. The quantitative estimate of drug-likeness (QED) is 0.542. The van der Waals surface area contributed by atoms with E-state index in [2.05, 4.69) is 0 Å². The van der Waals surface area contributed by atoms with Crippen LogP contribution in [0.3, 0.4) is 0 Å². The van der Waals surface area contributed by atoms with Gasteiger partial charge in [0.1, 0.15) is 0 Å². The summed E-state index contributed by atoms with van der Waals surface area (Å²) >= 11 is 0. The van der Waals surface area contributed by atoms with Crippen LogP contribution in [0.1, 0.15) is 36.5 Å². The molecular weight excluding hydrogens is 200 g/mol. The Morgan fingerprint density at radius 1 is 1.44 bits per heavy atom. The maximum Gasteiger partial charge on any atom is 0.165 e. The molecule has 1 aromatic carbocycles. The molecule has 1 aromatic rings. The molecule has 1 aliphatic heterocycles. The molecule has 2 atom stereocenters. The summed E-state index contributed by atoms with van der Waals surface area (Å²) in [4.78, 5) is 12.0. The highest BCUT2D eigenvalue weighted by Crippen LogP contribution is 2.20. The molecule has 0 bridgehead atoms. The summed E-state index contributed by atoms with van der Waals surface area (Å²) in [5.41, 5.74) is 0.831. The first kappa shape index (κ1) is 11.3. The minimum Gasteiger partial charge on any atom is -0.373 e. The molecule has 0 aromatic heterocycles. The van der Waals surface area contributed by atoms with Gasteiger partial charge < -0.3 is 4.74 Å². The van der Waals surface area contributed by atoms with Crippen molar-refractivity contribution >= 4 is 5.78 Å². The predicted molar refractivity (Wildman–Crippen MR) is 63.5 cm³/mol. The lowest BCUT2D eigenvalue weighted by Gasteiger charge is -2.09. The molecule has 2 rings (SSSR count). The molecule has 1 saturated heterocycles. The molecular formula is C14H18O2. The van der Waals surface area contributed by atoms with E-state index in [0.717, 1.165) is 31.4 Å². The maximum absolute atomic E-state index is 12.0. The molecule has 1 heterocycles. The molecule has 0 aliphatic carbocycles. The molecule has 1 unspecified atom stereocenters. The first-order valence-electron chi connectivity index (χ1n) is 5.98. The van der Waals surface area contributed by atoms with E-state index in [9.17, 15) is 4.79 Å². The van der Waals surface area contributed by atoms with Crippen LogP contribution in [0, 0.1) is 5.92 Å². The smallest absolute Gasteiger partial charge is 0.165 e. The standard InChI is InChI=1S/C14H18O2/c1-11(6-5-9-13-10-16-13)14(15)12-7-3-2-4-8-12/h2-4,7-8,11,13H,5-6,9-10H2,1H3/t11?,13-/m0/s1. The first-order valence-corrected chi connectivity index (χ1v) is 5.98. The zero-order valence-electron chi connectivity index (χ0n) is 9.69. The summed E-state index contributed by atoms with van der Waals surface area (Å²) in [6, 6.07) is 9.55. The van der Waals surface area contributed by atoms with Gasteiger partial charge in [0, 0.05) is 11.5 Å². The fourth-order valence-corrected chi connectivity index (χ4v) is 1.90. The fourth-order valence-electron chi connectivity index (χ4n) is 1.90. The highest BCUT2D eigenvalue weighted by atomic mass is 16.6. The van der Waals surface area contributed by atoms with Crippen LogP contribution >= 0.6 is 0 Å². The van der Waals surface area contributed by atoms with E-state index < -0.39 is 0 Å². The monoisotopic (exact) mass is 218 g/mol. The molecule has 0 saturated carbocycles. The molecule has 0 amide bonds. The van der Waals surface area contributed by atoms with Crippen LogP contribution in [0.5, 0.6) is 0 Å². The number of epoxide rings is 1. The van der Waals surface area contributed by atoms with Gasteiger partial charge in [-0.3, -0.25) is 4.79 Å². The lowest BCUT2D eigenvalue weighted by molar-refractivity contribution is 0.0922. The fraction of sp³-hybridized carbons (Fsp3) is 0.500. The van der Waals surface area contributed by atoms with Gasteiger partial charge in [-0.2, -0.15) is 0 Å². The lowest BCUT2D eigenvalue weighted by Crippen LogP contribution is -2.11. The van der Waals surface area contributed by atoms with E-state index in [1.54, 1.807) is 0 Å². The summed E-state index contributed by atoms with van der Waals surface area (Å²) in [6.45, 7) is 2.93. The highest BCUT2D eigenvalue weighted by molar-refractivity contribution is 5.97. The summed E-state index contributed by atoms with van der Waals surface area (Å²) in [7, 11) is 0. The number of ether oxygens (including phenoxy) is 1. The average Bonchev–Trinajstić information content (AvgIpc) is 3.13. The van der Waals surface area contributed by atoms with Crippen LogP contribution in [0.2, 0.25) is 0 Å². The minimum atomic E-state index is 0.126. The Morgan fingerprint density at radius 2 is 2.12 bits per heavy atom. The second kappa shape index (κ2) is 5.26. The van der Waals surface area contributed by atoms with Crippen LogP contribution in [0.25, 0.3) is 0 Å². The van der Waals surface area contributed by atoms with Crippen molar-refractivity contribution in [3.63, 3.8) is 0 Å². The van der Waals surface area contributed by atoms with Gasteiger partial charge in [-0.15, -0.1) is 0 Å². The van der Waals surface area contributed by atoms with Crippen LogP contribution in [-0.4, -0.2) is 18.5 Å². The Bertz CT molecular complexity index is 341. The van der Waals surface area contributed by atoms with Crippen molar-refractivity contribution < 1.29 is 9.53 Å². The van der Waals surface area contributed by atoms with E-state index in [1.165, 1.54) is 0 Å². The molecule has 86 valence electrons. The van der Waals surface area contributed by atoms with Crippen LogP contribution < -0.4 is 0 Å². The SMILES string of the molecule is CC(CCC[C@H]1CO1)C(=O)c1ccccc1. The topological polar surface area (TPSA) is 29.6 Å². The molecule has 0 radical (unpaired) electrons. The molecule has 0 spiro atoms. The second-order valence-corrected chi connectivity index (χ2v) is 4.52. The normalized spacial score (nSPS) is 20.4. The zero-order chi connectivity index (χ0) is 11.4. The van der Waals surface area contributed by atoms with Crippen LogP contribution in [-0.2, 0) is 4.74 Å². The third kappa shape index (κ3) is 3.17. The number of hydrogen-bond donors (Lipinski definition) is 0. The Kier molecular flexibility index (Phi) is 3.73. The number of Topliss-reactive ketones (excluding diaryl/α,β-unsaturated/α-hetero) is 1. The Labute approximate surface area is 96.6 Å². The van der Waals surface area contributed by atoms with E-state index in [4.69, 9.17) is 4.74 Å². The van der Waals surface area contributed by atoms with Gasteiger partial charge in [-0.1, -0.05) is 43.7 Å². The summed E-state index contributed by atoms with van der Waals surface area (Å²) in [5.74, 6) is 0.387. The molecule has 16 heavy (non-hydrogen) atoms. The minimum absolute atomic E-state index is 0.126. The van der Waals surface area contributed by atoms with Gasteiger partial charge in [0.05, 0.1) is 12.7 Å². The van der Waals surface area contributed by atoms with Crippen molar-refractivity contribution in [2.75, 3.05) is 6.61 Å². The van der Waals surface area contributed by atoms with Gasteiger partial charge in [0.2, 0.25) is 0 Å². The number of carbonyl (C=O) groups excluding carboxylic acids is 1. The van der Waals surface area contributed by atoms with Crippen molar-refractivity contribution in [1.82, 2.24) is 0 Å². The van der Waals surface area contributed by atoms with Crippen molar-refractivity contribution in [1.29, 1.82) is 0 Å². The number of carbonyl (C=O) groups is 1. The molecule has 2 heteroatoms. The molecule has 1 aliphatic rings. The molecule has 0 N–H and O–H groups in total. The Morgan fingerprint density at radius 3 is 2.75 bits per heavy atom. The van der Waals surface area contributed by atoms with Crippen molar-refractivity contribution in [2.45, 2.75) is 32.3 Å². The third-order valence-electron chi connectivity index (χ3n) is 3.07. The predicted octanol–water partition coefficient (Wildman–Crippen LogP) is 3.07. The summed E-state index contributed by atoms with van der Waals surface area (Å²) < 4.78 is 5.15. The van der Waals surface area contributed by atoms with Gasteiger partial charge in [0.15, 0.2) is 5.78 Å². The summed E-state index contributed by atoms with van der Waals surface area (Å²) in [5, 5.41) is 0. The molecule has 1 fully saturated rings. The van der Waals surface area contributed by atoms with Gasteiger partial charge >= 0.3 is 0 Å². The third-order valence-corrected chi connectivity index (χ3v) is 3.07. The Hall–Kier alpha value is -1.15. The summed E-state index contributed by atoms with van der Waals surface area (Å²) in [6.07, 6.45) is 3.64. The van der Waals surface area contributed by atoms with Crippen molar-refractivity contribution in [3.8, 4) is 0 Å². The Balaban J connectivity index is 1.79. The van der Waals surface area contributed by atoms with E-state index in [1.807, 2.05) is 37.3 Å². The van der Waals surface area contributed by atoms with Gasteiger partial charge in [-0.25, -0.2) is 0 Å². The highest BCUT2D eigenvalue weighted by Gasteiger charge is 2.22. The first-order chi connectivity index (χ1) is 7.77. The number of hydrogen-bond acceptors (Lipinski definition) is 2. The largest absolute Gasteiger partial charge is 0.373 e. The van der Waals surface area contributed by atoms with E-state index in [0.29, 0.717) is 6.10 Å². The lowest BCUT2D eigenvalue weighted by atomic mass is 9.94. The van der Waals surface area contributed by atoms with E-state index in [-0.39, 0.29) is 11.7 Å². The molecule has 2 nitrogen and oxygen atoms in total. The van der Waals surface area contributed by atoms with Crippen LogP contribution in [0.4, 0.5) is 0 Å². The van der Waals surface area contributed by atoms with Gasteiger partial charge in [-0.05, 0) is 12.8 Å². The maximum atomic E-state index is 12.0. The van der Waals surface area contributed by atoms with Crippen molar-refractivity contribution in [3.05, 3.63) is 35.9 Å². The van der Waals surface area contributed by atoms with Crippen molar-refractivity contribution in [2.24, 2.45) is 5.92 Å². The average molecular weight is 218 g/mol. The second-order valence-electron chi connectivity index (χ2n) is 4.52. The number of rotatable bonds is 6. The zero-order valence-corrected chi connectivity index (χ0v) is 9.69. The van der Waals surface area contributed by atoms with E-state index >= 15 is 0 Å². The van der Waals surface area contributed by atoms with Gasteiger partial charge in [0.25, 0.3) is 0 Å². The number of ketones is 1.